The van der Waals surface area contributed by atoms with Gasteiger partial charge in [0, 0.05) is 37.6 Å². The fourth-order valence-electron chi connectivity index (χ4n) is 3.74. The Labute approximate surface area is 204 Å². The summed E-state index contributed by atoms with van der Waals surface area (Å²) in [7, 11) is 1.67. The summed E-state index contributed by atoms with van der Waals surface area (Å²) >= 11 is 0. The zero-order chi connectivity index (χ0) is 23.4. The van der Waals surface area contributed by atoms with Crippen LogP contribution in [0.1, 0.15) is 18.5 Å². The highest BCUT2D eigenvalue weighted by Crippen LogP contribution is 2.29. The average molecular weight is 480 g/mol. The molecule has 34 heavy (non-hydrogen) atoms. The number of hydrogen-bond donors (Lipinski definition) is 2. The van der Waals surface area contributed by atoms with Crippen molar-refractivity contribution < 1.29 is 4.39 Å². The molecule has 4 rings (SSSR count). The van der Waals surface area contributed by atoms with Crippen molar-refractivity contribution in [1.82, 2.24) is 14.5 Å². The predicted octanol–water partition coefficient (Wildman–Crippen LogP) is 4.82. The quantitative estimate of drug-likeness (QED) is 0.397. The number of pyridine rings is 1. The van der Waals surface area contributed by atoms with Crippen LogP contribution in [0.3, 0.4) is 0 Å². The van der Waals surface area contributed by atoms with Crippen LogP contribution in [0.25, 0.3) is 22.4 Å². The summed E-state index contributed by atoms with van der Waals surface area (Å²) in [4.78, 5) is 22.3. The molecule has 2 aromatic heterocycles. The van der Waals surface area contributed by atoms with Crippen molar-refractivity contribution in [3.63, 3.8) is 0 Å². The molecule has 0 saturated carbocycles. The van der Waals surface area contributed by atoms with Gasteiger partial charge in [0.05, 0.1) is 11.3 Å². The highest BCUT2D eigenvalue weighted by molar-refractivity contribution is 5.85. The summed E-state index contributed by atoms with van der Waals surface area (Å²) in [6, 6.07) is 19.2. The first kappa shape index (κ1) is 25.1. The number of anilines is 1. The summed E-state index contributed by atoms with van der Waals surface area (Å²) < 4.78 is 15.0. The van der Waals surface area contributed by atoms with Crippen molar-refractivity contribution in [2.24, 2.45) is 18.7 Å². The Morgan fingerprint density at radius 2 is 1.65 bits per heavy atom. The van der Waals surface area contributed by atoms with Gasteiger partial charge in [-0.25, -0.2) is 9.37 Å². The second kappa shape index (κ2) is 11.0. The van der Waals surface area contributed by atoms with Crippen LogP contribution in [-0.4, -0.2) is 21.1 Å². The van der Waals surface area contributed by atoms with Crippen LogP contribution in [-0.2, 0) is 7.05 Å². The van der Waals surface area contributed by atoms with E-state index in [9.17, 15) is 9.18 Å². The monoisotopic (exact) mass is 479 g/mol. The van der Waals surface area contributed by atoms with E-state index in [1.807, 2.05) is 30.3 Å². The van der Waals surface area contributed by atoms with Crippen LogP contribution in [0.4, 0.5) is 10.3 Å². The predicted molar refractivity (Wildman–Crippen MR) is 136 cm³/mol. The first-order valence-electron chi connectivity index (χ1n) is 10.8. The van der Waals surface area contributed by atoms with Gasteiger partial charge >= 0.3 is 0 Å². The lowest BCUT2D eigenvalue weighted by Crippen LogP contribution is -2.29. The minimum atomic E-state index is -0.365. The lowest BCUT2D eigenvalue weighted by Gasteiger charge is -2.22. The van der Waals surface area contributed by atoms with Crippen LogP contribution >= 0.6 is 12.4 Å². The Balaban J connectivity index is 0.00000324. The Morgan fingerprint density at radius 1 is 1.00 bits per heavy atom. The third kappa shape index (κ3) is 5.32. The molecule has 2 heterocycles. The van der Waals surface area contributed by atoms with Gasteiger partial charge in [-0.1, -0.05) is 49.4 Å². The minimum absolute atomic E-state index is 0. The van der Waals surface area contributed by atoms with Gasteiger partial charge in [-0.15, -0.1) is 12.4 Å². The zero-order valence-corrected chi connectivity index (χ0v) is 19.8. The first-order valence-corrected chi connectivity index (χ1v) is 10.8. The zero-order valence-electron chi connectivity index (χ0n) is 19.0. The molecule has 0 spiro atoms. The van der Waals surface area contributed by atoms with E-state index >= 15 is 0 Å². The molecule has 0 fully saturated rings. The summed E-state index contributed by atoms with van der Waals surface area (Å²) in [6.07, 6.45) is 3.30. The second-order valence-corrected chi connectivity index (χ2v) is 8.06. The van der Waals surface area contributed by atoms with Crippen LogP contribution in [0.15, 0.2) is 83.9 Å². The maximum absolute atomic E-state index is 13.5. The Hall–Kier alpha value is -3.55. The number of nitrogens with one attached hydrogen (secondary N) is 1. The maximum atomic E-state index is 13.5. The van der Waals surface area contributed by atoms with E-state index in [0.717, 1.165) is 11.1 Å². The fraction of sp³-hybridized carbons (Fsp3) is 0.192. The van der Waals surface area contributed by atoms with Crippen molar-refractivity contribution in [2.45, 2.75) is 13.0 Å². The molecule has 2 atom stereocenters. The van der Waals surface area contributed by atoms with E-state index in [4.69, 9.17) is 10.7 Å². The average Bonchev–Trinajstić information content (AvgIpc) is 2.86. The number of benzene rings is 2. The summed E-state index contributed by atoms with van der Waals surface area (Å²) in [5.41, 5.74) is 9.52. The summed E-state index contributed by atoms with van der Waals surface area (Å²) in [6.45, 7) is 2.58. The molecule has 0 radical (unpaired) electrons. The largest absolute Gasteiger partial charge is 0.355 e. The molecule has 0 aliphatic carbocycles. The Bertz CT molecular complexity index is 1280. The topological polar surface area (TPSA) is 85.8 Å². The number of rotatable bonds is 7. The second-order valence-electron chi connectivity index (χ2n) is 8.06. The van der Waals surface area contributed by atoms with Crippen molar-refractivity contribution in [3.8, 4) is 22.4 Å². The van der Waals surface area contributed by atoms with Gasteiger partial charge in [0.1, 0.15) is 5.82 Å². The van der Waals surface area contributed by atoms with Crippen LogP contribution < -0.4 is 16.6 Å². The summed E-state index contributed by atoms with van der Waals surface area (Å²) in [5, 5.41) is 3.30. The smallest absolute Gasteiger partial charge is 0.263 e. The van der Waals surface area contributed by atoms with E-state index in [1.165, 1.54) is 16.7 Å². The van der Waals surface area contributed by atoms with Crippen molar-refractivity contribution >= 4 is 18.4 Å². The first-order chi connectivity index (χ1) is 16.0. The molecular formula is C26H27ClFN5O. The molecule has 0 aliphatic heterocycles. The molecule has 0 unspecified atom stereocenters. The molecule has 0 saturated heterocycles. The minimum Gasteiger partial charge on any atom is -0.355 e. The Morgan fingerprint density at radius 3 is 2.29 bits per heavy atom. The van der Waals surface area contributed by atoms with E-state index in [-0.39, 0.29) is 35.7 Å². The van der Waals surface area contributed by atoms with Gasteiger partial charge in [0.15, 0.2) is 0 Å². The molecule has 176 valence electrons. The molecule has 0 bridgehead atoms. The van der Waals surface area contributed by atoms with E-state index in [0.29, 0.717) is 29.3 Å². The van der Waals surface area contributed by atoms with Crippen molar-refractivity contribution in [3.05, 3.63) is 101 Å². The molecule has 0 aliphatic rings. The van der Waals surface area contributed by atoms with Gasteiger partial charge in [-0.2, -0.15) is 0 Å². The molecule has 8 heteroatoms. The third-order valence-corrected chi connectivity index (χ3v) is 5.76. The SMILES string of the molecule is C[C@H](CNc1nc(-c2ccncc2)c(-c2ccc(F)cc2)c(=O)n1C)[C@@H](N)c1ccccc1.Cl. The number of nitrogens with zero attached hydrogens (tertiary/aromatic N) is 3. The summed E-state index contributed by atoms with van der Waals surface area (Å²) in [5.74, 6) is 0.159. The van der Waals surface area contributed by atoms with E-state index < -0.39 is 0 Å². The highest BCUT2D eigenvalue weighted by atomic mass is 35.5. The lowest BCUT2D eigenvalue weighted by atomic mass is 9.95. The number of aromatic nitrogens is 3. The molecular weight excluding hydrogens is 453 g/mol. The molecule has 3 N–H and O–H groups in total. The molecule has 4 aromatic rings. The Kier molecular flexibility index (Phi) is 8.15. The maximum Gasteiger partial charge on any atom is 0.263 e. The van der Waals surface area contributed by atoms with Crippen molar-refractivity contribution in [1.29, 1.82) is 0 Å². The fourth-order valence-corrected chi connectivity index (χ4v) is 3.74. The molecule has 0 amide bonds. The van der Waals surface area contributed by atoms with Crippen molar-refractivity contribution in [2.75, 3.05) is 11.9 Å². The van der Waals surface area contributed by atoms with Gasteiger partial charge in [0.2, 0.25) is 5.95 Å². The normalized spacial score (nSPS) is 12.5. The van der Waals surface area contributed by atoms with Crippen LogP contribution in [0.5, 0.6) is 0 Å². The van der Waals surface area contributed by atoms with Crippen LogP contribution in [0.2, 0.25) is 0 Å². The van der Waals surface area contributed by atoms with Gasteiger partial charge in [-0.05, 0) is 41.3 Å². The standard InChI is InChI=1S/C26H26FN5O.ClH/c1-17(23(28)19-6-4-3-5-7-19)16-30-26-31-24(20-12-14-29-15-13-20)22(25(33)32(26)2)18-8-10-21(27)11-9-18;/h3-15,17,23H,16,28H2,1-2H3,(H,30,31);1H/t17-,23-;/m1./s1. The third-order valence-electron chi connectivity index (χ3n) is 5.76. The molecule has 2 aromatic carbocycles. The van der Waals surface area contributed by atoms with E-state index in [1.54, 1.807) is 43.7 Å². The van der Waals surface area contributed by atoms with E-state index in [2.05, 4.69) is 17.2 Å². The number of nitrogens with two attached hydrogens (primary N) is 1. The van der Waals surface area contributed by atoms with Gasteiger partial charge in [0.25, 0.3) is 5.56 Å². The molecule has 6 nitrogen and oxygen atoms in total. The highest BCUT2D eigenvalue weighted by Gasteiger charge is 2.20. The number of halogens is 2. The number of hydrogen-bond acceptors (Lipinski definition) is 5. The van der Waals surface area contributed by atoms with Crippen LogP contribution in [0, 0.1) is 11.7 Å². The lowest BCUT2D eigenvalue weighted by molar-refractivity contribution is 0.491. The van der Waals surface area contributed by atoms with Gasteiger partial charge < -0.3 is 11.1 Å². The van der Waals surface area contributed by atoms with Gasteiger partial charge in [-0.3, -0.25) is 14.3 Å².